The number of hydrogen-bond acceptors (Lipinski definition) is 3. The third-order valence-electron chi connectivity index (χ3n) is 3.01. The maximum atomic E-state index is 11.9. The summed E-state index contributed by atoms with van der Waals surface area (Å²) in [6.07, 6.45) is 5.64. The van der Waals surface area contributed by atoms with Crippen LogP contribution in [0.25, 0.3) is 0 Å². The van der Waals surface area contributed by atoms with E-state index >= 15 is 0 Å². The number of benzene rings is 1. The first-order valence-electron chi connectivity index (χ1n) is 6.80. The molecule has 0 aliphatic carbocycles. The molecule has 1 rings (SSSR count). The molecule has 0 bridgehead atoms. The third kappa shape index (κ3) is 5.64. The zero-order valence-electron chi connectivity index (χ0n) is 11.6. The second-order valence-corrected chi connectivity index (χ2v) is 5.66. The highest BCUT2D eigenvalue weighted by atomic mass is 79.9. The fourth-order valence-corrected chi connectivity index (χ4v) is 2.20. The molecule has 0 saturated carbocycles. The van der Waals surface area contributed by atoms with E-state index in [1.54, 1.807) is 18.2 Å². The number of ether oxygens (including phenoxy) is 1. The number of anilines is 1. The van der Waals surface area contributed by atoms with Gasteiger partial charge in [-0.05, 0) is 53.9 Å². The van der Waals surface area contributed by atoms with Crippen molar-refractivity contribution >= 4 is 27.6 Å². The second-order valence-electron chi connectivity index (χ2n) is 4.80. The highest BCUT2D eigenvalue weighted by Gasteiger charge is 2.12. The minimum atomic E-state index is -0.288. The van der Waals surface area contributed by atoms with E-state index in [0.717, 1.165) is 17.3 Å². The minimum absolute atomic E-state index is 0.0410. The monoisotopic (exact) mass is 327 g/mol. The molecular weight excluding hydrogens is 306 g/mol. The van der Waals surface area contributed by atoms with Crippen LogP contribution in [0.2, 0.25) is 0 Å². The van der Waals surface area contributed by atoms with Crippen LogP contribution < -0.4 is 5.73 Å². The topological polar surface area (TPSA) is 52.3 Å². The Labute approximate surface area is 123 Å². The average Bonchev–Trinajstić information content (AvgIpc) is 2.38. The number of carbonyl (C=O) groups is 1. The number of carbonyl (C=O) groups excluding carboxylic acids is 1. The normalized spacial score (nSPS) is 12.2. The van der Waals surface area contributed by atoms with Crippen molar-refractivity contribution in [3.05, 3.63) is 28.2 Å². The van der Waals surface area contributed by atoms with Gasteiger partial charge in [-0.25, -0.2) is 4.79 Å². The summed E-state index contributed by atoms with van der Waals surface area (Å²) in [5.41, 5.74) is 6.83. The third-order valence-corrected chi connectivity index (χ3v) is 3.70. The summed E-state index contributed by atoms with van der Waals surface area (Å²) in [7, 11) is 0. The molecule has 3 nitrogen and oxygen atoms in total. The van der Waals surface area contributed by atoms with Gasteiger partial charge >= 0.3 is 5.97 Å². The lowest BCUT2D eigenvalue weighted by atomic mass is 10.1. The van der Waals surface area contributed by atoms with E-state index in [4.69, 9.17) is 10.5 Å². The lowest BCUT2D eigenvalue weighted by molar-refractivity contribution is 0.0319. The molecule has 0 radical (unpaired) electrons. The lowest BCUT2D eigenvalue weighted by Gasteiger charge is -2.13. The Hall–Kier alpha value is -1.03. The maximum Gasteiger partial charge on any atom is 0.338 e. The van der Waals surface area contributed by atoms with E-state index < -0.39 is 0 Å². The van der Waals surface area contributed by atoms with Gasteiger partial charge in [0.1, 0.15) is 0 Å². The van der Waals surface area contributed by atoms with Crippen molar-refractivity contribution in [1.29, 1.82) is 0 Å². The van der Waals surface area contributed by atoms with E-state index in [1.807, 2.05) is 6.92 Å². The van der Waals surface area contributed by atoms with E-state index in [0.29, 0.717) is 11.3 Å². The molecule has 4 heteroatoms. The van der Waals surface area contributed by atoms with Gasteiger partial charge in [-0.3, -0.25) is 0 Å². The molecule has 0 aliphatic heterocycles. The van der Waals surface area contributed by atoms with Gasteiger partial charge in [-0.2, -0.15) is 0 Å². The smallest absolute Gasteiger partial charge is 0.338 e. The van der Waals surface area contributed by atoms with Crippen LogP contribution in [0.3, 0.4) is 0 Å². The molecule has 1 aromatic rings. The van der Waals surface area contributed by atoms with Gasteiger partial charge in [0, 0.05) is 10.2 Å². The van der Waals surface area contributed by atoms with Gasteiger partial charge in [-0.1, -0.05) is 26.2 Å². The van der Waals surface area contributed by atoms with E-state index in [9.17, 15) is 4.79 Å². The summed E-state index contributed by atoms with van der Waals surface area (Å²) in [5, 5.41) is 0. The molecule has 1 atom stereocenters. The average molecular weight is 328 g/mol. The van der Waals surface area contributed by atoms with E-state index in [1.165, 1.54) is 19.3 Å². The molecule has 0 spiro atoms. The molecule has 0 amide bonds. The summed E-state index contributed by atoms with van der Waals surface area (Å²) < 4.78 is 6.13. The standard InChI is InChI=1S/C15H22BrNO2/c1-3-4-5-6-7-11(2)19-15(18)12-8-9-14(17)13(16)10-12/h8-11H,3-7,17H2,1-2H3. The van der Waals surface area contributed by atoms with Gasteiger partial charge < -0.3 is 10.5 Å². The quantitative estimate of drug-likeness (QED) is 0.454. The van der Waals surface area contributed by atoms with Crippen LogP contribution in [-0.2, 0) is 4.74 Å². The van der Waals surface area contributed by atoms with Gasteiger partial charge in [0.25, 0.3) is 0 Å². The Kier molecular flexibility index (Phi) is 6.92. The maximum absolute atomic E-state index is 11.9. The number of unbranched alkanes of at least 4 members (excludes halogenated alkanes) is 3. The first kappa shape index (κ1) is 16.0. The Morgan fingerprint density at radius 1 is 1.37 bits per heavy atom. The fourth-order valence-electron chi connectivity index (χ4n) is 1.82. The number of halogens is 1. The van der Waals surface area contributed by atoms with Crippen molar-refractivity contribution in [1.82, 2.24) is 0 Å². The van der Waals surface area contributed by atoms with Gasteiger partial charge in [-0.15, -0.1) is 0 Å². The number of nitrogens with two attached hydrogens (primary N) is 1. The second kappa shape index (κ2) is 8.20. The predicted molar refractivity (Wildman–Crippen MR) is 82.2 cm³/mol. The number of hydrogen-bond donors (Lipinski definition) is 1. The minimum Gasteiger partial charge on any atom is -0.459 e. The zero-order valence-corrected chi connectivity index (χ0v) is 13.2. The Bertz CT molecular complexity index is 421. The molecular formula is C15H22BrNO2. The molecule has 1 unspecified atom stereocenters. The van der Waals surface area contributed by atoms with Crippen molar-refractivity contribution in [2.24, 2.45) is 0 Å². The van der Waals surface area contributed by atoms with Gasteiger partial charge in [0.2, 0.25) is 0 Å². The summed E-state index contributed by atoms with van der Waals surface area (Å²) in [5.74, 6) is -0.288. The molecule has 0 saturated heterocycles. The molecule has 106 valence electrons. The SMILES string of the molecule is CCCCCCC(C)OC(=O)c1ccc(N)c(Br)c1. The van der Waals surface area contributed by atoms with Gasteiger partial charge in [0.15, 0.2) is 0 Å². The Morgan fingerprint density at radius 2 is 2.11 bits per heavy atom. The van der Waals surface area contributed by atoms with E-state index in [-0.39, 0.29) is 12.1 Å². The van der Waals surface area contributed by atoms with Crippen LogP contribution in [0.5, 0.6) is 0 Å². The van der Waals surface area contributed by atoms with Crippen LogP contribution in [0.15, 0.2) is 22.7 Å². The Morgan fingerprint density at radius 3 is 2.74 bits per heavy atom. The van der Waals surface area contributed by atoms with Gasteiger partial charge in [0.05, 0.1) is 11.7 Å². The summed E-state index contributed by atoms with van der Waals surface area (Å²) in [4.78, 5) is 11.9. The highest BCUT2D eigenvalue weighted by Crippen LogP contribution is 2.21. The van der Waals surface area contributed by atoms with Crippen molar-refractivity contribution in [3.8, 4) is 0 Å². The molecule has 19 heavy (non-hydrogen) atoms. The highest BCUT2D eigenvalue weighted by molar-refractivity contribution is 9.10. The van der Waals surface area contributed by atoms with Crippen molar-refractivity contribution in [2.45, 2.75) is 52.1 Å². The molecule has 0 aliphatic rings. The van der Waals surface area contributed by atoms with Crippen LogP contribution >= 0.6 is 15.9 Å². The molecule has 0 aromatic heterocycles. The molecule has 0 fully saturated rings. The number of esters is 1. The summed E-state index contributed by atoms with van der Waals surface area (Å²) >= 11 is 3.31. The zero-order chi connectivity index (χ0) is 14.3. The van der Waals surface area contributed by atoms with Crippen molar-refractivity contribution in [3.63, 3.8) is 0 Å². The summed E-state index contributed by atoms with van der Waals surface area (Å²) in [6.45, 7) is 4.12. The first-order valence-corrected chi connectivity index (χ1v) is 7.60. The molecule has 0 heterocycles. The largest absolute Gasteiger partial charge is 0.459 e. The number of rotatable bonds is 7. The first-order chi connectivity index (χ1) is 9.04. The predicted octanol–water partition coefficient (Wildman–Crippen LogP) is 4.55. The van der Waals surface area contributed by atoms with Crippen molar-refractivity contribution < 1.29 is 9.53 Å². The van der Waals surface area contributed by atoms with Crippen LogP contribution in [0, 0.1) is 0 Å². The van der Waals surface area contributed by atoms with Crippen LogP contribution in [-0.4, -0.2) is 12.1 Å². The number of nitrogen functional groups attached to an aromatic ring is 1. The molecule has 1 aromatic carbocycles. The fraction of sp³-hybridized carbons (Fsp3) is 0.533. The Balaban J connectivity index is 2.43. The van der Waals surface area contributed by atoms with Crippen LogP contribution in [0.1, 0.15) is 56.3 Å². The van der Waals surface area contributed by atoms with Crippen LogP contribution in [0.4, 0.5) is 5.69 Å². The summed E-state index contributed by atoms with van der Waals surface area (Å²) in [6, 6.07) is 5.08. The molecule has 2 N–H and O–H groups in total. The van der Waals surface area contributed by atoms with Crippen molar-refractivity contribution in [2.75, 3.05) is 5.73 Å². The lowest BCUT2D eigenvalue weighted by Crippen LogP contribution is -2.15. The van der Waals surface area contributed by atoms with E-state index in [2.05, 4.69) is 22.9 Å².